The van der Waals surface area contributed by atoms with Crippen LogP contribution in [0.4, 0.5) is 10.1 Å². The standard InChI is InChI=1S/C13H19FN2O/c1-9(2)15-7-6-13(17)16-12-8-10(3)4-5-11(12)14/h4-5,8-9,15H,6-7H2,1-3H3,(H,16,17). The molecule has 17 heavy (non-hydrogen) atoms. The molecular formula is C13H19FN2O. The second kappa shape index (κ2) is 6.35. The van der Waals surface area contributed by atoms with Crippen molar-refractivity contribution in [2.45, 2.75) is 33.2 Å². The van der Waals surface area contributed by atoms with Gasteiger partial charge < -0.3 is 10.6 Å². The van der Waals surface area contributed by atoms with E-state index in [1.54, 1.807) is 12.1 Å². The van der Waals surface area contributed by atoms with Crippen LogP contribution in [0.5, 0.6) is 0 Å². The number of anilines is 1. The lowest BCUT2D eigenvalue weighted by Crippen LogP contribution is -2.27. The molecule has 1 rings (SSSR count). The predicted molar refractivity (Wildman–Crippen MR) is 67.5 cm³/mol. The van der Waals surface area contributed by atoms with Gasteiger partial charge in [0.05, 0.1) is 5.69 Å². The van der Waals surface area contributed by atoms with Crippen molar-refractivity contribution in [3.8, 4) is 0 Å². The van der Waals surface area contributed by atoms with Gasteiger partial charge >= 0.3 is 0 Å². The van der Waals surface area contributed by atoms with Gasteiger partial charge in [-0.2, -0.15) is 0 Å². The highest BCUT2D eigenvalue weighted by Crippen LogP contribution is 2.15. The number of rotatable bonds is 5. The number of hydrogen-bond acceptors (Lipinski definition) is 2. The molecule has 94 valence electrons. The zero-order valence-corrected chi connectivity index (χ0v) is 10.5. The van der Waals surface area contributed by atoms with Crippen molar-refractivity contribution >= 4 is 11.6 Å². The van der Waals surface area contributed by atoms with E-state index in [0.717, 1.165) is 5.56 Å². The van der Waals surface area contributed by atoms with Crippen molar-refractivity contribution in [3.05, 3.63) is 29.6 Å². The monoisotopic (exact) mass is 238 g/mol. The van der Waals surface area contributed by atoms with Crippen LogP contribution < -0.4 is 10.6 Å². The maximum Gasteiger partial charge on any atom is 0.225 e. The summed E-state index contributed by atoms with van der Waals surface area (Å²) in [6, 6.07) is 5.00. The van der Waals surface area contributed by atoms with Gasteiger partial charge in [-0.15, -0.1) is 0 Å². The first kappa shape index (κ1) is 13.6. The summed E-state index contributed by atoms with van der Waals surface area (Å²) in [5.74, 6) is -0.580. The van der Waals surface area contributed by atoms with Gasteiger partial charge in [0.15, 0.2) is 0 Å². The second-order valence-electron chi connectivity index (χ2n) is 4.39. The summed E-state index contributed by atoms with van der Waals surface area (Å²) in [5, 5.41) is 5.70. The Morgan fingerprint density at radius 1 is 1.41 bits per heavy atom. The summed E-state index contributed by atoms with van der Waals surface area (Å²) in [6.07, 6.45) is 0.339. The van der Waals surface area contributed by atoms with Crippen LogP contribution in [0.1, 0.15) is 25.8 Å². The SMILES string of the molecule is Cc1ccc(F)c(NC(=O)CCNC(C)C)c1. The van der Waals surface area contributed by atoms with E-state index in [4.69, 9.17) is 0 Å². The molecule has 0 atom stereocenters. The Hall–Kier alpha value is -1.42. The fraction of sp³-hybridized carbons (Fsp3) is 0.462. The van der Waals surface area contributed by atoms with Gasteiger partial charge in [0.2, 0.25) is 5.91 Å². The van der Waals surface area contributed by atoms with Gasteiger partial charge in [-0.05, 0) is 24.6 Å². The molecule has 0 radical (unpaired) electrons. The summed E-state index contributed by atoms with van der Waals surface area (Å²) < 4.78 is 13.4. The Labute approximate surface area is 101 Å². The van der Waals surface area contributed by atoms with Crippen LogP contribution in [-0.2, 0) is 4.79 Å². The number of halogens is 1. The Bertz CT molecular complexity index is 391. The molecule has 0 heterocycles. The van der Waals surface area contributed by atoms with Crippen molar-refractivity contribution < 1.29 is 9.18 Å². The largest absolute Gasteiger partial charge is 0.324 e. The fourth-order valence-corrected chi connectivity index (χ4v) is 1.42. The molecule has 0 aliphatic carbocycles. The number of nitrogens with one attached hydrogen (secondary N) is 2. The summed E-state index contributed by atoms with van der Waals surface area (Å²) >= 11 is 0. The van der Waals surface area contributed by atoms with Crippen molar-refractivity contribution in [2.75, 3.05) is 11.9 Å². The molecule has 0 spiro atoms. The molecule has 0 fully saturated rings. The van der Waals surface area contributed by atoms with E-state index in [9.17, 15) is 9.18 Å². The highest BCUT2D eigenvalue weighted by molar-refractivity contribution is 5.91. The minimum atomic E-state index is -0.402. The molecule has 0 unspecified atom stereocenters. The number of benzene rings is 1. The minimum Gasteiger partial charge on any atom is -0.324 e. The highest BCUT2D eigenvalue weighted by Gasteiger charge is 2.07. The fourth-order valence-electron chi connectivity index (χ4n) is 1.42. The van der Waals surface area contributed by atoms with Crippen LogP contribution >= 0.6 is 0 Å². The van der Waals surface area contributed by atoms with Crippen LogP contribution in [0, 0.1) is 12.7 Å². The molecule has 1 aromatic carbocycles. The molecule has 2 N–H and O–H groups in total. The van der Waals surface area contributed by atoms with E-state index in [1.807, 2.05) is 20.8 Å². The highest BCUT2D eigenvalue weighted by atomic mass is 19.1. The van der Waals surface area contributed by atoms with E-state index < -0.39 is 5.82 Å². The summed E-state index contributed by atoms with van der Waals surface area (Å²) in [7, 11) is 0. The van der Waals surface area contributed by atoms with Crippen LogP contribution in [0.15, 0.2) is 18.2 Å². The third kappa shape index (κ3) is 4.95. The molecular weight excluding hydrogens is 219 g/mol. The molecule has 0 aromatic heterocycles. The lowest BCUT2D eigenvalue weighted by atomic mass is 10.2. The Kier molecular flexibility index (Phi) is 5.10. The third-order valence-corrected chi connectivity index (χ3v) is 2.30. The zero-order chi connectivity index (χ0) is 12.8. The lowest BCUT2D eigenvalue weighted by molar-refractivity contribution is -0.116. The number of hydrogen-bond donors (Lipinski definition) is 2. The van der Waals surface area contributed by atoms with Crippen LogP contribution in [0.3, 0.4) is 0 Å². The van der Waals surface area contributed by atoms with E-state index in [2.05, 4.69) is 10.6 Å². The molecule has 0 aliphatic heterocycles. The molecule has 3 nitrogen and oxygen atoms in total. The predicted octanol–water partition coefficient (Wildman–Crippen LogP) is 2.46. The molecule has 0 saturated carbocycles. The first-order valence-electron chi connectivity index (χ1n) is 5.78. The van der Waals surface area contributed by atoms with Crippen LogP contribution in [-0.4, -0.2) is 18.5 Å². The van der Waals surface area contributed by atoms with E-state index in [1.165, 1.54) is 6.07 Å². The van der Waals surface area contributed by atoms with Gasteiger partial charge in [0.1, 0.15) is 5.82 Å². The van der Waals surface area contributed by atoms with E-state index in [0.29, 0.717) is 19.0 Å². The number of amides is 1. The first-order chi connectivity index (χ1) is 7.99. The first-order valence-corrected chi connectivity index (χ1v) is 5.78. The second-order valence-corrected chi connectivity index (χ2v) is 4.39. The molecule has 0 bridgehead atoms. The molecule has 1 aromatic rings. The Balaban J connectivity index is 2.47. The quantitative estimate of drug-likeness (QED) is 0.827. The number of aryl methyl sites for hydroxylation is 1. The molecule has 1 amide bonds. The lowest BCUT2D eigenvalue weighted by Gasteiger charge is -2.09. The topological polar surface area (TPSA) is 41.1 Å². The average Bonchev–Trinajstić information content (AvgIpc) is 2.23. The third-order valence-electron chi connectivity index (χ3n) is 2.30. The smallest absolute Gasteiger partial charge is 0.225 e. The zero-order valence-electron chi connectivity index (χ0n) is 10.5. The number of carbonyl (C=O) groups is 1. The molecule has 0 aliphatic rings. The summed E-state index contributed by atoms with van der Waals surface area (Å²) in [6.45, 7) is 6.47. The van der Waals surface area contributed by atoms with Gasteiger partial charge in [-0.25, -0.2) is 4.39 Å². The molecule has 0 saturated heterocycles. The van der Waals surface area contributed by atoms with Crippen molar-refractivity contribution in [1.29, 1.82) is 0 Å². The summed E-state index contributed by atoms with van der Waals surface area (Å²) in [5.41, 5.74) is 1.17. The van der Waals surface area contributed by atoms with Gasteiger partial charge in [0, 0.05) is 19.0 Å². The minimum absolute atomic E-state index is 0.178. The van der Waals surface area contributed by atoms with Gasteiger partial charge in [-0.3, -0.25) is 4.79 Å². The average molecular weight is 238 g/mol. The van der Waals surface area contributed by atoms with Gasteiger partial charge in [0.25, 0.3) is 0 Å². The van der Waals surface area contributed by atoms with E-state index >= 15 is 0 Å². The van der Waals surface area contributed by atoms with E-state index in [-0.39, 0.29) is 11.6 Å². The van der Waals surface area contributed by atoms with Crippen LogP contribution in [0.2, 0.25) is 0 Å². The van der Waals surface area contributed by atoms with Crippen molar-refractivity contribution in [2.24, 2.45) is 0 Å². The molecule has 4 heteroatoms. The summed E-state index contributed by atoms with van der Waals surface area (Å²) in [4.78, 5) is 11.5. The van der Waals surface area contributed by atoms with Crippen molar-refractivity contribution in [3.63, 3.8) is 0 Å². The van der Waals surface area contributed by atoms with Gasteiger partial charge in [-0.1, -0.05) is 19.9 Å². The number of carbonyl (C=O) groups excluding carboxylic acids is 1. The Morgan fingerprint density at radius 3 is 2.76 bits per heavy atom. The normalized spacial score (nSPS) is 10.6. The maximum atomic E-state index is 13.4. The Morgan fingerprint density at radius 2 is 2.12 bits per heavy atom. The van der Waals surface area contributed by atoms with Crippen molar-refractivity contribution in [1.82, 2.24) is 5.32 Å². The van der Waals surface area contributed by atoms with Crippen LogP contribution in [0.25, 0.3) is 0 Å². The maximum absolute atomic E-state index is 13.4.